The smallest absolute Gasteiger partial charge is 0.408 e. The van der Waals surface area contributed by atoms with E-state index in [2.05, 4.69) is 15.6 Å². The summed E-state index contributed by atoms with van der Waals surface area (Å²) in [5, 5.41) is 5.18. The number of anilines is 1. The molecule has 0 radical (unpaired) electrons. The van der Waals surface area contributed by atoms with E-state index in [-0.39, 0.29) is 25.5 Å². The number of rotatable bonds is 8. The van der Waals surface area contributed by atoms with Crippen molar-refractivity contribution in [2.75, 3.05) is 18.1 Å². The second kappa shape index (κ2) is 11.1. The van der Waals surface area contributed by atoms with Gasteiger partial charge in [0, 0.05) is 12.6 Å². The summed E-state index contributed by atoms with van der Waals surface area (Å²) in [5.41, 5.74) is 0.0358. The third kappa shape index (κ3) is 6.90. The summed E-state index contributed by atoms with van der Waals surface area (Å²) in [6, 6.07) is 1.80. The molecule has 1 aliphatic heterocycles. The van der Waals surface area contributed by atoms with E-state index in [1.165, 1.54) is 11.1 Å². The lowest BCUT2D eigenvalue weighted by atomic mass is 9.98. The number of hydrogen-bond donors (Lipinski definition) is 2. The van der Waals surface area contributed by atoms with Crippen molar-refractivity contribution >= 4 is 29.7 Å². The zero-order valence-electron chi connectivity index (χ0n) is 20.1. The van der Waals surface area contributed by atoms with Crippen molar-refractivity contribution < 1.29 is 28.7 Å². The van der Waals surface area contributed by atoms with Crippen molar-refractivity contribution in [1.82, 2.24) is 15.6 Å². The average molecular weight is 463 g/mol. The van der Waals surface area contributed by atoms with Crippen molar-refractivity contribution in [3.63, 3.8) is 0 Å². The summed E-state index contributed by atoms with van der Waals surface area (Å²) in [7, 11) is 0. The van der Waals surface area contributed by atoms with Crippen LogP contribution >= 0.6 is 0 Å². The summed E-state index contributed by atoms with van der Waals surface area (Å²) < 4.78 is 10.4. The molecule has 3 amide bonds. The molecule has 1 aromatic rings. The van der Waals surface area contributed by atoms with Crippen LogP contribution in [-0.4, -0.2) is 59.7 Å². The minimum absolute atomic E-state index is 0.185. The molecule has 2 rings (SSSR count). The highest BCUT2D eigenvalue weighted by molar-refractivity contribution is 6.03. The summed E-state index contributed by atoms with van der Waals surface area (Å²) >= 11 is 0. The fourth-order valence-electron chi connectivity index (χ4n) is 3.47. The Kier molecular flexibility index (Phi) is 8.78. The molecule has 0 bridgehead atoms. The molecular weight excluding hydrogens is 428 g/mol. The number of aromatic nitrogens is 1. The van der Waals surface area contributed by atoms with Gasteiger partial charge in [0.25, 0.3) is 0 Å². The van der Waals surface area contributed by atoms with Crippen LogP contribution in [0.15, 0.2) is 18.3 Å². The number of pyridine rings is 1. The maximum absolute atomic E-state index is 13.1. The molecule has 0 saturated carbocycles. The lowest BCUT2D eigenvalue weighted by Crippen LogP contribution is -2.54. The molecule has 3 atom stereocenters. The Morgan fingerprint density at radius 1 is 1.24 bits per heavy atom. The van der Waals surface area contributed by atoms with Gasteiger partial charge in [-0.05, 0) is 45.2 Å². The highest BCUT2D eigenvalue weighted by atomic mass is 16.6. The predicted octanol–water partition coefficient (Wildman–Crippen LogP) is 1.96. The molecule has 10 heteroatoms. The molecule has 33 heavy (non-hydrogen) atoms. The van der Waals surface area contributed by atoms with Crippen molar-refractivity contribution in [3.8, 4) is 0 Å². The fourth-order valence-corrected chi connectivity index (χ4v) is 3.47. The highest BCUT2D eigenvalue weighted by Crippen LogP contribution is 2.30. The van der Waals surface area contributed by atoms with E-state index in [0.29, 0.717) is 12.2 Å². The van der Waals surface area contributed by atoms with E-state index in [9.17, 15) is 19.2 Å². The number of alkyl carbamates (subject to hydrolysis) is 1. The molecule has 10 nitrogen and oxygen atoms in total. The number of carbonyl (C=O) groups excluding carboxylic acids is 4. The van der Waals surface area contributed by atoms with Gasteiger partial charge in [0.1, 0.15) is 23.5 Å². The first-order chi connectivity index (χ1) is 15.5. The number of nitrogens with zero attached hydrogens (tertiary/aromatic N) is 2. The Hall–Kier alpha value is -3.17. The number of nitrogens with one attached hydrogen (secondary N) is 2. The van der Waals surface area contributed by atoms with Crippen molar-refractivity contribution in [2.45, 2.75) is 72.1 Å². The molecular formula is C23H34N4O6. The summed E-state index contributed by atoms with van der Waals surface area (Å²) in [6.45, 7) is 10.4. The second-order valence-corrected chi connectivity index (χ2v) is 8.95. The zero-order valence-corrected chi connectivity index (χ0v) is 20.1. The van der Waals surface area contributed by atoms with E-state index in [1.807, 2.05) is 13.8 Å². The highest BCUT2D eigenvalue weighted by Gasteiger charge is 2.40. The van der Waals surface area contributed by atoms with Crippen LogP contribution in [0.1, 0.15) is 53.5 Å². The summed E-state index contributed by atoms with van der Waals surface area (Å²) in [4.78, 5) is 56.1. The van der Waals surface area contributed by atoms with E-state index in [4.69, 9.17) is 9.47 Å². The SMILES string of the molecule is CCOC(=O)[C@@H]1Cc2cccnc2N1C(=O)CNC(=O)[C@@H](NC(=O)OC(C)(C)C)[C@@H](C)CC. The molecule has 0 fully saturated rings. The molecule has 0 saturated heterocycles. The van der Waals surface area contributed by atoms with Gasteiger partial charge in [0.05, 0.1) is 13.2 Å². The number of ether oxygens (including phenoxy) is 2. The van der Waals surface area contributed by atoms with E-state index in [0.717, 1.165) is 5.56 Å². The Balaban J connectivity index is 2.11. The quantitative estimate of drug-likeness (QED) is 0.565. The molecule has 0 aromatic carbocycles. The number of amides is 3. The van der Waals surface area contributed by atoms with Crippen LogP contribution in [0.3, 0.4) is 0 Å². The van der Waals surface area contributed by atoms with Crippen LogP contribution in [0.5, 0.6) is 0 Å². The van der Waals surface area contributed by atoms with Crippen molar-refractivity contribution in [1.29, 1.82) is 0 Å². The third-order valence-electron chi connectivity index (χ3n) is 5.23. The minimum atomic E-state index is -0.887. The minimum Gasteiger partial charge on any atom is -0.464 e. The van der Waals surface area contributed by atoms with Crippen molar-refractivity contribution in [2.24, 2.45) is 5.92 Å². The Bertz CT molecular complexity index is 882. The van der Waals surface area contributed by atoms with Gasteiger partial charge in [0.15, 0.2) is 0 Å². The summed E-state index contributed by atoms with van der Waals surface area (Å²) in [5.74, 6) is -1.37. The Labute approximate surface area is 194 Å². The number of fused-ring (bicyclic) bond motifs is 1. The maximum atomic E-state index is 13.1. The van der Waals surface area contributed by atoms with Crippen LogP contribution in [0, 0.1) is 5.92 Å². The predicted molar refractivity (Wildman–Crippen MR) is 121 cm³/mol. The van der Waals surface area contributed by atoms with Crippen LogP contribution in [0.2, 0.25) is 0 Å². The van der Waals surface area contributed by atoms with E-state index < -0.39 is 41.6 Å². The lowest BCUT2D eigenvalue weighted by molar-refractivity contribution is -0.145. The maximum Gasteiger partial charge on any atom is 0.408 e. The first-order valence-electron chi connectivity index (χ1n) is 11.2. The standard InChI is InChI=1S/C23H34N4O6/c1-7-14(3)18(26-22(31)33-23(4,5)6)20(29)25-13-17(28)27-16(21(30)32-8-2)12-15-10-9-11-24-19(15)27/h9-11,14,16,18H,7-8,12-13H2,1-6H3,(H,25,29)(H,26,31)/t14-,16-,18-/m0/s1. The van der Waals surface area contributed by atoms with E-state index >= 15 is 0 Å². The van der Waals surface area contributed by atoms with Crippen LogP contribution < -0.4 is 15.5 Å². The van der Waals surface area contributed by atoms with Crippen LogP contribution in [0.4, 0.5) is 10.6 Å². The molecule has 182 valence electrons. The normalized spacial score (nSPS) is 16.9. The molecule has 0 aliphatic carbocycles. The lowest BCUT2D eigenvalue weighted by Gasteiger charge is -2.27. The topological polar surface area (TPSA) is 127 Å². The van der Waals surface area contributed by atoms with Gasteiger partial charge in [-0.3, -0.25) is 14.5 Å². The number of esters is 1. The number of carbonyl (C=O) groups is 4. The first-order valence-corrected chi connectivity index (χ1v) is 11.2. The Morgan fingerprint density at radius 2 is 1.94 bits per heavy atom. The largest absolute Gasteiger partial charge is 0.464 e. The van der Waals surface area contributed by atoms with Gasteiger partial charge in [-0.1, -0.05) is 26.3 Å². The second-order valence-electron chi connectivity index (χ2n) is 8.95. The molecule has 2 N–H and O–H groups in total. The van der Waals surface area contributed by atoms with Crippen LogP contribution in [-0.2, 0) is 30.3 Å². The van der Waals surface area contributed by atoms with Crippen LogP contribution in [0.25, 0.3) is 0 Å². The van der Waals surface area contributed by atoms with Gasteiger partial charge in [-0.15, -0.1) is 0 Å². The third-order valence-corrected chi connectivity index (χ3v) is 5.23. The average Bonchev–Trinajstić information content (AvgIpc) is 3.14. The van der Waals surface area contributed by atoms with Gasteiger partial charge in [-0.2, -0.15) is 0 Å². The molecule has 0 unspecified atom stereocenters. The first kappa shape index (κ1) is 26.1. The van der Waals surface area contributed by atoms with E-state index in [1.54, 1.807) is 39.8 Å². The molecule has 2 heterocycles. The fraction of sp³-hybridized carbons (Fsp3) is 0.609. The Morgan fingerprint density at radius 3 is 2.55 bits per heavy atom. The van der Waals surface area contributed by atoms with Gasteiger partial charge < -0.3 is 20.1 Å². The van der Waals surface area contributed by atoms with Crippen molar-refractivity contribution in [3.05, 3.63) is 23.9 Å². The van der Waals surface area contributed by atoms with Gasteiger partial charge >= 0.3 is 12.1 Å². The summed E-state index contributed by atoms with van der Waals surface area (Å²) in [6.07, 6.45) is 1.73. The molecule has 1 aliphatic rings. The molecule has 0 spiro atoms. The van der Waals surface area contributed by atoms with Gasteiger partial charge in [0.2, 0.25) is 11.8 Å². The molecule has 1 aromatic heterocycles. The zero-order chi connectivity index (χ0) is 24.8. The van der Waals surface area contributed by atoms with Gasteiger partial charge in [-0.25, -0.2) is 14.6 Å². The number of hydrogen-bond acceptors (Lipinski definition) is 7. The monoisotopic (exact) mass is 462 g/mol.